The van der Waals surface area contributed by atoms with Crippen LogP contribution in [0.25, 0.3) is 0 Å². The Hall–Kier alpha value is -2.62. The topological polar surface area (TPSA) is 120 Å². The van der Waals surface area contributed by atoms with E-state index in [1.54, 1.807) is 49.6 Å². The maximum Gasteiger partial charge on any atom is 0.256 e. The van der Waals surface area contributed by atoms with Gasteiger partial charge in [-0.15, -0.1) is 0 Å². The van der Waals surface area contributed by atoms with Crippen molar-refractivity contribution in [2.24, 2.45) is 5.14 Å². The number of para-hydroxylation sites is 1. The van der Waals surface area contributed by atoms with Crippen LogP contribution in [0.15, 0.2) is 48.5 Å². The Kier molecular flexibility index (Phi) is 6.64. The maximum atomic E-state index is 13.1. The van der Waals surface area contributed by atoms with Crippen molar-refractivity contribution >= 4 is 15.9 Å². The minimum Gasteiger partial charge on any atom is -0.497 e. The minimum atomic E-state index is -4.15. The van der Waals surface area contributed by atoms with Crippen LogP contribution in [0.3, 0.4) is 0 Å². The van der Waals surface area contributed by atoms with Crippen LogP contribution in [0.1, 0.15) is 28.8 Å². The van der Waals surface area contributed by atoms with Gasteiger partial charge in [-0.1, -0.05) is 24.3 Å². The van der Waals surface area contributed by atoms with E-state index < -0.39 is 26.7 Å². The zero-order valence-corrected chi connectivity index (χ0v) is 17.9. The van der Waals surface area contributed by atoms with E-state index in [4.69, 9.17) is 14.6 Å². The third-order valence-corrected chi connectivity index (χ3v) is 6.81. The molecule has 2 aromatic carbocycles. The first kappa shape index (κ1) is 22.1. The lowest BCUT2D eigenvalue weighted by atomic mass is 9.72. The van der Waals surface area contributed by atoms with Gasteiger partial charge in [0, 0.05) is 5.41 Å². The zero-order valence-electron chi connectivity index (χ0n) is 17.1. The number of amides is 1. The SMILES string of the molecule is COc1cccc(C2(C(NC(=O)c3ccccc3OC)S(N)(=O)=O)CCNCC2)c1. The molecule has 1 saturated heterocycles. The summed E-state index contributed by atoms with van der Waals surface area (Å²) >= 11 is 0. The van der Waals surface area contributed by atoms with Gasteiger partial charge in [-0.3, -0.25) is 4.79 Å². The number of piperidine rings is 1. The minimum absolute atomic E-state index is 0.239. The van der Waals surface area contributed by atoms with E-state index in [-0.39, 0.29) is 5.56 Å². The molecule has 0 bridgehead atoms. The van der Waals surface area contributed by atoms with Crippen molar-refractivity contribution in [1.29, 1.82) is 0 Å². The standard InChI is InChI=1S/C21H27N3O5S/c1-28-16-7-5-6-15(14-16)21(10-12-23-13-11-21)20(30(22,26)27)24-19(25)17-8-3-4-9-18(17)29-2/h3-9,14,20,23H,10-13H2,1-2H3,(H,24,25)(H2,22,26,27). The van der Waals surface area contributed by atoms with Gasteiger partial charge in [0.25, 0.3) is 5.91 Å². The number of ether oxygens (including phenoxy) is 2. The molecule has 162 valence electrons. The second-order valence-electron chi connectivity index (χ2n) is 7.28. The van der Waals surface area contributed by atoms with Crippen molar-refractivity contribution in [3.8, 4) is 11.5 Å². The first-order valence-corrected chi connectivity index (χ1v) is 11.2. The molecule has 2 aromatic rings. The Morgan fingerprint density at radius 1 is 1.10 bits per heavy atom. The summed E-state index contributed by atoms with van der Waals surface area (Å²) in [7, 11) is -1.15. The molecule has 0 aliphatic carbocycles. The van der Waals surface area contributed by atoms with Crippen LogP contribution in [-0.2, 0) is 15.4 Å². The number of carbonyl (C=O) groups excluding carboxylic acids is 1. The van der Waals surface area contributed by atoms with Gasteiger partial charge in [0.2, 0.25) is 10.0 Å². The highest BCUT2D eigenvalue weighted by Crippen LogP contribution is 2.40. The quantitative estimate of drug-likeness (QED) is 0.607. The Morgan fingerprint density at radius 3 is 2.43 bits per heavy atom. The predicted octanol–water partition coefficient (Wildman–Crippen LogP) is 1.37. The fourth-order valence-electron chi connectivity index (χ4n) is 4.07. The highest BCUT2D eigenvalue weighted by atomic mass is 32.2. The molecule has 0 saturated carbocycles. The molecular weight excluding hydrogens is 406 g/mol. The normalized spacial score (nSPS) is 17.0. The third kappa shape index (κ3) is 4.43. The summed E-state index contributed by atoms with van der Waals surface area (Å²) < 4.78 is 36.1. The predicted molar refractivity (Wildman–Crippen MR) is 114 cm³/mol. The molecule has 0 aromatic heterocycles. The Labute approximate surface area is 176 Å². The van der Waals surface area contributed by atoms with Crippen LogP contribution >= 0.6 is 0 Å². The van der Waals surface area contributed by atoms with Crippen molar-refractivity contribution in [3.63, 3.8) is 0 Å². The number of sulfonamides is 1. The summed E-state index contributed by atoms with van der Waals surface area (Å²) in [4.78, 5) is 13.1. The lowest BCUT2D eigenvalue weighted by Gasteiger charge is -2.43. The molecule has 1 aliphatic rings. The third-order valence-electron chi connectivity index (χ3n) is 5.58. The van der Waals surface area contributed by atoms with Gasteiger partial charge in [0.1, 0.15) is 11.5 Å². The molecule has 30 heavy (non-hydrogen) atoms. The van der Waals surface area contributed by atoms with Crippen molar-refractivity contribution in [2.75, 3.05) is 27.3 Å². The smallest absolute Gasteiger partial charge is 0.256 e. The number of methoxy groups -OCH3 is 2. The fraction of sp³-hybridized carbons (Fsp3) is 0.381. The number of carbonyl (C=O) groups is 1. The average Bonchev–Trinajstić information content (AvgIpc) is 2.77. The van der Waals surface area contributed by atoms with E-state index in [0.717, 1.165) is 5.56 Å². The number of benzene rings is 2. The van der Waals surface area contributed by atoms with Crippen molar-refractivity contribution in [1.82, 2.24) is 10.6 Å². The molecule has 1 unspecified atom stereocenters. The van der Waals surface area contributed by atoms with Crippen LogP contribution in [0.2, 0.25) is 0 Å². The molecule has 1 atom stereocenters. The van der Waals surface area contributed by atoms with Crippen LogP contribution in [0.4, 0.5) is 0 Å². The molecular formula is C21H27N3O5S. The highest BCUT2D eigenvalue weighted by Gasteiger charge is 2.48. The molecule has 1 aliphatic heterocycles. The fourth-order valence-corrected chi connectivity index (χ4v) is 5.34. The van der Waals surface area contributed by atoms with Gasteiger partial charge in [-0.05, 0) is 55.8 Å². The number of hydrogen-bond acceptors (Lipinski definition) is 6. The zero-order chi connectivity index (χ0) is 21.8. The largest absolute Gasteiger partial charge is 0.497 e. The monoisotopic (exact) mass is 433 g/mol. The number of nitrogens with one attached hydrogen (secondary N) is 2. The summed E-state index contributed by atoms with van der Waals surface area (Å²) in [6, 6.07) is 13.9. The van der Waals surface area contributed by atoms with E-state index in [1.807, 2.05) is 6.07 Å². The van der Waals surface area contributed by atoms with Gasteiger partial charge in [0.15, 0.2) is 5.37 Å². The van der Waals surface area contributed by atoms with E-state index in [1.165, 1.54) is 7.11 Å². The Morgan fingerprint density at radius 2 is 1.80 bits per heavy atom. The van der Waals surface area contributed by atoms with Gasteiger partial charge in [-0.2, -0.15) is 0 Å². The summed E-state index contributed by atoms with van der Waals surface area (Å²) in [6.07, 6.45) is 0.959. The van der Waals surface area contributed by atoms with Gasteiger partial charge in [-0.25, -0.2) is 13.6 Å². The van der Waals surface area contributed by atoms with Crippen LogP contribution in [0.5, 0.6) is 11.5 Å². The van der Waals surface area contributed by atoms with Gasteiger partial charge < -0.3 is 20.1 Å². The number of nitrogens with two attached hydrogens (primary N) is 1. The first-order chi connectivity index (χ1) is 14.3. The number of hydrogen-bond donors (Lipinski definition) is 3. The number of primary sulfonamides is 1. The lowest BCUT2D eigenvalue weighted by molar-refractivity contribution is 0.0922. The summed E-state index contributed by atoms with van der Waals surface area (Å²) in [5.74, 6) is 0.394. The summed E-state index contributed by atoms with van der Waals surface area (Å²) in [6.45, 7) is 1.18. The molecule has 1 heterocycles. The van der Waals surface area contributed by atoms with Crippen LogP contribution in [-0.4, -0.2) is 47.0 Å². The Balaban J connectivity index is 2.08. The van der Waals surface area contributed by atoms with E-state index in [9.17, 15) is 13.2 Å². The molecule has 3 rings (SSSR count). The lowest BCUT2D eigenvalue weighted by Crippen LogP contribution is -2.60. The summed E-state index contributed by atoms with van der Waals surface area (Å²) in [5, 5.41) is 10.3. The van der Waals surface area contributed by atoms with Gasteiger partial charge in [0.05, 0.1) is 19.8 Å². The highest BCUT2D eigenvalue weighted by molar-refractivity contribution is 7.89. The molecule has 8 nitrogen and oxygen atoms in total. The molecule has 0 radical (unpaired) electrons. The second-order valence-corrected chi connectivity index (χ2v) is 8.93. The molecule has 4 N–H and O–H groups in total. The Bertz CT molecular complexity index is 1000. The van der Waals surface area contributed by atoms with Crippen molar-refractivity contribution < 1.29 is 22.7 Å². The molecule has 1 fully saturated rings. The van der Waals surface area contributed by atoms with E-state index in [0.29, 0.717) is 37.4 Å². The summed E-state index contributed by atoms with van der Waals surface area (Å²) in [5.41, 5.74) is 0.0801. The van der Waals surface area contributed by atoms with E-state index in [2.05, 4.69) is 10.6 Å². The van der Waals surface area contributed by atoms with Crippen molar-refractivity contribution in [3.05, 3.63) is 59.7 Å². The average molecular weight is 434 g/mol. The maximum absolute atomic E-state index is 13.1. The van der Waals surface area contributed by atoms with Crippen LogP contribution < -0.4 is 25.2 Å². The van der Waals surface area contributed by atoms with Crippen molar-refractivity contribution in [2.45, 2.75) is 23.6 Å². The molecule has 0 spiro atoms. The van der Waals surface area contributed by atoms with Gasteiger partial charge >= 0.3 is 0 Å². The second kappa shape index (κ2) is 9.03. The molecule has 1 amide bonds. The number of rotatable bonds is 7. The first-order valence-electron chi connectivity index (χ1n) is 9.62. The van der Waals surface area contributed by atoms with E-state index >= 15 is 0 Å². The van der Waals surface area contributed by atoms with Crippen LogP contribution in [0, 0.1) is 0 Å². The molecule has 9 heteroatoms.